The summed E-state index contributed by atoms with van der Waals surface area (Å²) in [6, 6.07) is 10.5. The Hall–Kier alpha value is -2.91. The summed E-state index contributed by atoms with van der Waals surface area (Å²) in [5.41, 5.74) is 0.337. The van der Waals surface area contributed by atoms with Crippen molar-refractivity contribution in [3.05, 3.63) is 59.7 Å². The predicted octanol–water partition coefficient (Wildman–Crippen LogP) is 3.23. The first-order chi connectivity index (χ1) is 13.8. The average Bonchev–Trinajstić information content (AvgIpc) is 2.69. The fourth-order valence-electron chi connectivity index (χ4n) is 2.81. The number of carbonyl (C=O) groups excluding carboxylic acids is 2. The minimum absolute atomic E-state index is 0.112. The van der Waals surface area contributed by atoms with Crippen LogP contribution >= 0.6 is 0 Å². The van der Waals surface area contributed by atoms with E-state index in [9.17, 15) is 22.8 Å². The van der Waals surface area contributed by atoms with Gasteiger partial charge in [0.05, 0.1) is 25.3 Å². The molecule has 0 aliphatic carbocycles. The molecule has 3 rings (SSSR count). The number of hydrogen-bond acceptors (Lipinski definition) is 4. The van der Waals surface area contributed by atoms with Crippen LogP contribution in [0, 0.1) is 0 Å². The Morgan fingerprint density at radius 2 is 1.45 bits per heavy atom. The summed E-state index contributed by atoms with van der Waals surface area (Å²) in [5.74, 6) is -0.670. The third kappa shape index (κ3) is 6.03. The van der Waals surface area contributed by atoms with Crippen molar-refractivity contribution in [2.45, 2.75) is 6.18 Å². The van der Waals surface area contributed by atoms with Crippen LogP contribution in [0.2, 0.25) is 0 Å². The van der Waals surface area contributed by atoms with E-state index in [1.54, 1.807) is 24.3 Å². The van der Waals surface area contributed by atoms with Gasteiger partial charge in [0.15, 0.2) is 0 Å². The smallest absolute Gasteiger partial charge is 0.379 e. The summed E-state index contributed by atoms with van der Waals surface area (Å²) in [6.07, 6.45) is -4.45. The number of halogens is 3. The first-order valence-corrected chi connectivity index (χ1v) is 9.00. The molecule has 0 atom stereocenters. The molecule has 2 N–H and O–H groups in total. The third-order valence-electron chi connectivity index (χ3n) is 4.37. The molecule has 154 valence electrons. The van der Waals surface area contributed by atoms with Gasteiger partial charge in [-0.05, 0) is 48.5 Å². The molecule has 0 radical (unpaired) electrons. The summed E-state index contributed by atoms with van der Waals surface area (Å²) < 4.78 is 43.0. The van der Waals surface area contributed by atoms with Crippen molar-refractivity contribution in [2.24, 2.45) is 0 Å². The van der Waals surface area contributed by atoms with Crippen LogP contribution < -0.4 is 10.6 Å². The lowest BCUT2D eigenvalue weighted by Gasteiger charge is -2.25. The van der Waals surface area contributed by atoms with E-state index in [1.165, 1.54) is 0 Å². The van der Waals surface area contributed by atoms with E-state index in [1.807, 2.05) is 4.90 Å². The number of nitrogens with one attached hydrogen (secondary N) is 2. The highest BCUT2D eigenvalue weighted by molar-refractivity contribution is 6.04. The van der Waals surface area contributed by atoms with Crippen molar-refractivity contribution < 1.29 is 27.5 Å². The molecule has 0 bridgehead atoms. The lowest BCUT2D eigenvalue weighted by Crippen LogP contribution is -2.41. The van der Waals surface area contributed by atoms with E-state index >= 15 is 0 Å². The van der Waals surface area contributed by atoms with Gasteiger partial charge in [-0.25, -0.2) is 0 Å². The van der Waals surface area contributed by atoms with Crippen molar-refractivity contribution in [2.75, 3.05) is 43.5 Å². The van der Waals surface area contributed by atoms with E-state index in [0.29, 0.717) is 37.7 Å². The topological polar surface area (TPSA) is 70.7 Å². The highest BCUT2D eigenvalue weighted by atomic mass is 19.4. The number of alkyl halides is 3. The molecule has 2 aromatic rings. The molecular weight excluding hydrogens is 387 g/mol. The van der Waals surface area contributed by atoms with Crippen molar-refractivity contribution in [1.29, 1.82) is 0 Å². The van der Waals surface area contributed by atoms with E-state index in [4.69, 9.17) is 4.74 Å². The van der Waals surface area contributed by atoms with Crippen LogP contribution in [0.4, 0.5) is 24.5 Å². The Bertz CT molecular complexity index is 846. The Kier molecular flexibility index (Phi) is 6.50. The van der Waals surface area contributed by atoms with Crippen molar-refractivity contribution in [3.8, 4) is 0 Å². The zero-order valence-electron chi connectivity index (χ0n) is 15.5. The second-order valence-corrected chi connectivity index (χ2v) is 6.54. The van der Waals surface area contributed by atoms with Gasteiger partial charge in [-0.1, -0.05) is 0 Å². The Labute approximate surface area is 165 Å². The monoisotopic (exact) mass is 407 g/mol. The highest BCUT2D eigenvalue weighted by Gasteiger charge is 2.30. The first kappa shape index (κ1) is 20.8. The normalized spacial score (nSPS) is 15.0. The van der Waals surface area contributed by atoms with E-state index in [0.717, 1.165) is 24.3 Å². The number of hydrogen-bond donors (Lipinski definition) is 2. The number of ether oxygens (including phenoxy) is 1. The largest absolute Gasteiger partial charge is 0.416 e. The summed E-state index contributed by atoms with van der Waals surface area (Å²) in [6.45, 7) is 2.92. The molecule has 1 heterocycles. The minimum Gasteiger partial charge on any atom is -0.379 e. The van der Waals surface area contributed by atoms with E-state index in [2.05, 4.69) is 10.6 Å². The second-order valence-electron chi connectivity index (χ2n) is 6.54. The maximum absolute atomic E-state index is 12.6. The quantitative estimate of drug-likeness (QED) is 0.799. The molecule has 1 saturated heterocycles. The van der Waals surface area contributed by atoms with Gasteiger partial charge in [0, 0.05) is 30.0 Å². The fourth-order valence-corrected chi connectivity index (χ4v) is 2.81. The van der Waals surface area contributed by atoms with Gasteiger partial charge in [-0.15, -0.1) is 0 Å². The number of rotatable bonds is 5. The molecule has 2 amide bonds. The average molecular weight is 407 g/mol. The lowest BCUT2D eigenvalue weighted by atomic mass is 10.1. The standard InChI is InChI=1S/C20H20F3N3O3/c21-20(22,23)15-3-1-14(2-4-15)19(28)25-17-7-5-16(6-8-17)24-18(27)13-26-9-11-29-12-10-26/h1-8H,9-13H2,(H,24,27)(H,25,28). The molecular formula is C20H20F3N3O3. The molecule has 9 heteroatoms. The van der Waals surface area contributed by atoms with E-state index in [-0.39, 0.29) is 18.0 Å². The molecule has 0 saturated carbocycles. The highest BCUT2D eigenvalue weighted by Crippen LogP contribution is 2.29. The van der Waals surface area contributed by atoms with Gasteiger partial charge in [0.2, 0.25) is 5.91 Å². The number of benzene rings is 2. The van der Waals surface area contributed by atoms with Crippen molar-refractivity contribution >= 4 is 23.2 Å². The van der Waals surface area contributed by atoms with Gasteiger partial charge in [0.25, 0.3) is 5.91 Å². The van der Waals surface area contributed by atoms with Gasteiger partial charge in [0.1, 0.15) is 0 Å². The number of anilines is 2. The van der Waals surface area contributed by atoms with E-state index < -0.39 is 17.6 Å². The molecule has 29 heavy (non-hydrogen) atoms. The molecule has 0 aromatic heterocycles. The molecule has 0 unspecified atom stereocenters. The van der Waals surface area contributed by atoms with Crippen LogP contribution in [0.5, 0.6) is 0 Å². The predicted molar refractivity (Wildman–Crippen MR) is 102 cm³/mol. The molecule has 0 spiro atoms. The SMILES string of the molecule is O=C(CN1CCOCC1)Nc1ccc(NC(=O)c2ccc(C(F)(F)F)cc2)cc1. The maximum atomic E-state index is 12.6. The van der Waals surface area contributed by atoms with Crippen LogP contribution in [0.1, 0.15) is 15.9 Å². The number of nitrogens with zero attached hydrogens (tertiary/aromatic N) is 1. The maximum Gasteiger partial charge on any atom is 0.416 e. The summed E-state index contributed by atoms with van der Waals surface area (Å²) in [4.78, 5) is 26.3. The summed E-state index contributed by atoms with van der Waals surface area (Å²) in [7, 11) is 0. The molecule has 2 aromatic carbocycles. The number of amides is 2. The van der Waals surface area contributed by atoms with Gasteiger partial charge in [-0.3, -0.25) is 14.5 Å². The Morgan fingerprint density at radius 3 is 2.00 bits per heavy atom. The molecule has 1 aliphatic heterocycles. The number of morpholine rings is 1. The molecule has 1 aliphatic rings. The van der Waals surface area contributed by atoms with Gasteiger partial charge < -0.3 is 15.4 Å². The fraction of sp³-hybridized carbons (Fsp3) is 0.300. The number of carbonyl (C=O) groups is 2. The molecule has 6 nitrogen and oxygen atoms in total. The zero-order chi connectivity index (χ0) is 20.9. The van der Waals surface area contributed by atoms with Gasteiger partial charge >= 0.3 is 6.18 Å². The third-order valence-corrected chi connectivity index (χ3v) is 4.37. The Morgan fingerprint density at radius 1 is 0.897 bits per heavy atom. The summed E-state index contributed by atoms with van der Waals surface area (Å²) >= 11 is 0. The van der Waals surface area contributed by atoms with Crippen LogP contribution in [-0.2, 0) is 15.7 Å². The lowest BCUT2D eigenvalue weighted by molar-refractivity contribution is -0.137. The summed E-state index contributed by atoms with van der Waals surface area (Å²) in [5, 5.41) is 5.39. The Balaban J connectivity index is 1.53. The van der Waals surface area contributed by atoms with Crippen LogP contribution in [0.25, 0.3) is 0 Å². The van der Waals surface area contributed by atoms with Crippen LogP contribution in [0.3, 0.4) is 0 Å². The zero-order valence-corrected chi connectivity index (χ0v) is 15.5. The van der Waals surface area contributed by atoms with Crippen molar-refractivity contribution in [3.63, 3.8) is 0 Å². The van der Waals surface area contributed by atoms with Crippen LogP contribution in [0.15, 0.2) is 48.5 Å². The van der Waals surface area contributed by atoms with Crippen LogP contribution in [-0.4, -0.2) is 49.6 Å². The minimum atomic E-state index is -4.45. The molecule has 1 fully saturated rings. The van der Waals surface area contributed by atoms with Gasteiger partial charge in [-0.2, -0.15) is 13.2 Å². The van der Waals surface area contributed by atoms with Crippen molar-refractivity contribution in [1.82, 2.24) is 4.90 Å². The second kappa shape index (κ2) is 9.06. The first-order valence-electron chi connectivity index (χ1n) is 9.00.